The fourth-order valence-corrected chi connectivity index (χ4v) is 3.49. The van der Waals surface area contributed by atoms with Crippen molar-refractivity contribution in [2.24, 2.45) is 7.05 Å². The summed E-state index contributed by atoms with van der Waals surface area (Å²) in [5.41, 5.74) is 2.80. The van der Waals surface area contributed by atoms with Crippen LogP contribution >= 0.6 is 11.6 Å². The average Bonchev–Trinajstić information content (AvgIpc) is 3.11. The van der Waals surface area contributed by atoms with Crippen LogP contribution in [-0.2, 0) is 13.6 Å². The molecule has 3 heterocycles. The van der Waals surface area contributed by atoms with E-state index in [2.05, 4.69) is 18.1 Å². The molecule has 3 rings (SSSR count). The van der Waals surface area contributed by atoms with E-state index in [0.29, 0.717) is 10.7 Å². The number of carbonyl (C=O) groups is 1. The van der Waals surface area contributed by atoms with Crippen molar-refractivity contribution < 1.29 is 4.79 Å². The van der Waals surface area contributed by atoms with Crippen molar-refractivity contribution in [3.8, 4) is 0 Å². The van der Waals surface area contributed by atoms with Crippen molar-refractivity contribution in [3.63, 3.8) is 0 Å². The first-order valence-corrected chi connectivity index (χ1v) is 7.97. The maximum absolute atomic E-state index is 12.8. The SMILES string of the molecule is Cc1cc(C)n(C[C@H]2CCCN2C(=O)c2cc(Cl)cn2C)n1. The first kappa shape index (κ1) is 15.2. The zero-order chi connectivity index (χ0) is 15.9. The van der Waals surface area contributed by atoms with Crippen molar-refractivity contribution in [1.82, 2.24) is 19.2 Å². The van der Waals surface area contributed by atoms with Crippen LogP contribution in [0.4, 0.5) is 0 Å². The quantitative estimate of drug-likeness (QED) is 0.872. The Labute approximate surface area is 135 Å². The summed E-state index contributed by atoms with van der Waals surface area (Å²) in [5, 5.41) is 5.11. The molecule has 1 fully saturated rings. The molecule has 118 valence electrons. The van der Waals surface area contributed by atoms with Gasteiger partial charge in [-0.05, 0) is 38.8 Å². The maximum atomic E-state index is 12.8. The van der Waals surface area contributed by atoms with Gasteiger partial charge in [-0.3, -0.25) is 9.48 Å². The van der Waals surface area contributed by atoms with E-state index in [1.54, 1.807) is 16.8 Å². The Bertz CT molecular complexity index is 703. The number of likely N-dealkylation sites (tertiary alicyclic amines) is 1. The van der Waals surface area contributed by atoms with Gasteiger partial charge in [-0.2, -0.15) is 5.10 Å². The standard InChI is InChI=1S/C16H21ClN4O/c1-11-7-12(2)21(18-11)10-14-5-4-6-20(14)16(22)15-8-13(17)9-19(15)3/h7-9,14H,4-6,10H2,1-3H3/t14-/m1/s1. The van der Waals surface area contributed by atoms with Gasteiger partial charge >= 0.3 is 0 Å². The Morgan fingerprint density at radius 1 is 1.41 bits per heavy atom. The van der Waals surface area contributed by atoms with Gasteiger partial charge in [0.2, 0.25) is 0 Å². The van der Waals surface area contributed by atoms with Crippen LogP contribution in [0.2, 0.25) is 5.02 Å². The molecule has 2 aromatic heterocycles. The van der Waals surface area contributed by atoms with E-state index in [-0.39, 0.29) is 11.9 Å². The zero-order valence-corrected chi connectivity index (χ0v) is 14.0. The van der Waals surface area contributed by atoms with Gasteiger partial charge in [0.25, 0.3) is 5.91 Å². The molecule has 0 spiro atoms. The Morgan fingerprint density at radius 3 is 2.77 bits per heavy atom. The van der Waals surface area contributed by atoms with Crippen LogP contribution in [0.3, 0.4) is 0 Å². The molecule has 0 aliphatic carbocycles. The average molecular weight is 321 g/mol. The first-order chi connectivity index (χ1) is 10.5. The highest BCUT2D eigenvalue weighted by molar-refractivity contribution is 6.31. The summed E-state index contributed by atoms with van der Waals surface area (Å²) >= 11 is 6.00. The van der Waals surface area contributed by atoms with Gasteiger partial charge in [0.05, 0.1) is 23.3 Å². The van der Waals surface area contributed by atoms with Gasteiger partial charge < -0.3 is 9.47 Å². The van der Waals surface area contributed by atoms with Crippen LogP contribution in [0.25, 0.3) is 0 Å². The molecule has 0 N–H and O–H groups in total. The molecule has 0 bridgehead atoms. The summed E-state index contributed by atoms with van der Waals surface area (Å²) in [6.07, 6.45) is 3.82. The highest BCUT2D eigenvalue weighted by Gasteiger charge is 2.31. The molecule has 1 atom stereocenters. The van der Waals surface area contributed by atoms with Gasteiger partial charge in [-0.15, -0.1) is 0 Å². The lowest BCUT2D eigenvalue weighted by molar-refractivity contribution is 0.0711. The predicted molar refractivity (Wildman–Crippen MR) is 86.2 cm³/mol. The number of carbonyl (C=O) groups excluding carboxylic acids is 1. The number of hydrogen-bond acceptors (Lipinski definition) is 2. The molecule has 1 amide bonds. The number of aromatic nitrogens is 3. The van der Waals surface area contributed by atoms with Gasteiger partial charge in [-0.1, -0.05) is 11.6 Å². The number of aryl methyl sites for hydroxylation is 3. The van der Waals surface area contributed by atoms with Crippen molar-refractivity contribution in [3.05, 3.63) is 40.4 Å². The van der Waals surface area contributed by atoms with E-state index in [1.165, 1.54) is 0 Å². The Hall–Kier alpha value is -1.75. The molecule has 6 heteroatoms. The monoisotopic (exact) mass is 320 g/mol. The smallest absolute Gasteiger partial charge is 0.270 e. The number of nitrogens with zero attached hydrogens (tertiary/aromatic N) is 4. The summed E-state index contributed by atoms with van der Waals surface area (Å²) in [4.78, 5) is 14.7. The summed E-state index contributed by atoms with van der Waals surface area (Å²) < 4.78 is 3.80. The van der Waals surface area contributed by atoms with Crippen LogP contribution in [-0.4, -0.2) is 37.7 Å². The van der Waals surface area contributed by atoms with E-state index in [9.17, 15) is 4.79 Å². The third-order valence-corrected chi connectivity index (χ3v) is 4.52. The van der Waals surface area contributed by atoms with E-state index in [4.69, 9.17) is 11.6 Å². The van der Waals surface area contributed by atoms with Crippen molar-refractivity contribution in [2.45, 2.75) is 39.3 Å². The first-order valence-electron chi connectivity index (χ1n) is 7.59. The fourth-order valence-electron chi connectivity index (χ4n) is 3.24. The molecular weight excluding hydrogens is 300 g/mol. The summed E-state index contributed by atoms with van der Waals surface area (Å²) in [7, 11) is 1.85. The molecule has 0 aromatic carbocycles. The van der Waals surface area contributed by atoms with Crippen LogP contribution < -0.4 is 0 Å². The second-order valence-electron chi connectivity index (χ2n) is 6.06. The van der Waals surface area contributed by atoms with Crippen LogP contribution in [0.5, 0.6) is 0 Å². The van der Waals surface area contributed by atoms with Gasteiger partial charge in [0.1, 0.15) is 5.69 Å². The largest absolute Gasteiger partial charge is 0.345 e. The van der Waals surface area contributed by atoms with Crippen LogP contribution in [0, 0.1) is 13.8 Å². The zero-order valence-electron chi connectivity index (χ0n) is 13.2. The number of rotatable bonds is 3. The normalized spacial score (nSPS) is 18.2. The summed E-state index contributed by atoms with van der Waals surface area (Å²) in [6, 6.07) is 4.00. The highest BCUT2D eigenvalue weighted by atomic mass is 35.5. The molecule has 1 aliphatic rings. The molecule has 0 radical (unpaired) electrons. The van der Waals surface area contributed by atoms with Gasteiger partial charge in [0, 0.05) is 25.5 Å². The number of halogens is 1. The molecule has 0 saturated carbocycles. The van der Waals surface area contributed by atoms with Crippen molar-refractivity contribution in [1.29, 1.82) is 0 Å². The topological polar surface area (TPSA) is 43.1 Å². The van der Waals surface area contributed by atoms with E-state index >= 15 is 0 Å². The molecule has 5 nitrogen and oxygen atoms in total. The van der Waals surface area contributed by atoms with Crippen molar-refractivity contribution in [2.75, 3.05) is 6.54 Å². The molecule has 22 heavy (non-hydrogen) atoms. The van der Waals surface area contributed by atoms with E-state index in [0.717, 1.165) is 37.3 Å². The molecular formula is C16H21ClN4O. The molecule has 0 unspecified atom stereocenters. The molecule has 1 saturated heterocycles. The van der Waals surface area contributed by atoms with Crippen LogP contribution in [0.1, 0.15) is 34.7 Å². The highest BCUT2D eigenvalue weighted by Crippen LogP contribution is 2.23. The third-order valence-electron chi connectivity index (χ3n) is 4.32. The second kappa shape index (κ2) is 5.80. The lowest BCUT2D eigenvalue weighted by Crippen LogP contribution is -2.39. The number of amides is 1. The molecule has 2 aromatic rings. The minimum Gasteiger partial charge on any atom is -0.345 e. The Morgan fingerprint density at radius 2 is 2.18 bits per heavy atom. The lowest BCUT2D eigenvalue weighted by atomic mass is 10.2. The maximum Gasteiger partial charge on any atom is 0.270 e. The second-order valence-corrected chi connectivity index (χ2v) is 6.49. The minimum atomic E-state index is 0.0541. The Kier molecular flexibility index (Phi) is 4.00. The van der Waals surface area contributed by atoms with Gasteiger partial charge in [-0.25, -0.2) is 0 Å². The Balaban J connectivity index is 1.79. The molecule has 1 aliphatic heterocycles. The summed E-state index contributed by atoms with van der Waals surface area (Å²) in [6.45, 7) is 5.60. The van der Waals surface area contributed by atoms with Crippen LogP contribution in [0.15, 0.2) is 18.3 Å². The van der Waals surface area contributed by atoms with Crippen molar-refractivity contribution >= 4 is 17.5 Å². The third kappa shape index (κ3) is 2.77. The summed E-state index contributed by atoms with van der Waals surface area (Å²) in [5.74, 6) is 0.0541. The van der Waals surface area contributed by atoms with E-state index < -0.39 is 0 Å². The lowest BCUT2D eigenvalue weighted by Gasteiger charge is -2.25. The number of hydrogen-bond donors (Lipinski definition) is 0. The van der Waals surface area contributed by atoms with E-state index in [1.807, 2.05) is 23.6 Å². The predicted octanol–water partition coefficient (Wildman–Crippen LogP) is 2.80. The van der Waals surface area contributed by atoms with Gasteiger partial charge in [0.15, 0.2) is 0 Å². The minimum absolute atomic E-state index is 0.0541. The fraction of sp³-hybridized carbons (Fsp3) is 0.500.